The first-order valence-electron chi connectivity index (χ1n) is 9.14. The fourth-order valence-corrected chi connectivity index (χ4v) is 3.79. The average molecular weight is 339 g/mol. The zero-order valence-corrected chi connectivity index (χ0v) is 14.7. The minimum Gasteiger partial charge on any atom is -0.493 e. The molecule has 4 rings (SSSR count). The van der Waals surface area contributed by atoms with E-state index in [-0.39, 0.29) is 6.10 Å². The molecule has 2 aliphatic rings. The van der Waals surface area contributed by atoms with E-state index in [2.05, 4.69) is 30.0 Å². The van der Waals surface area contributed by atoms with E-state index in [9.17, 15) is 0 Å². The van der Waals surface area contributed by atoms with Gasteiger partial charge in [0, 0.05) is 18.2 Å². The summed E-state index contributed by atoms with van der Waals surface area (Å²) in [5.74, 6) is 1.79. The molecule has 1 fully saturated rings. The summed E-state index contributed by atoms with van der Waals surface area (Å²) in [6, 6.07) is 16.7. The lowest BCUT2D eigenvalue weighted by Gasteiger charge is -2.39. The predicted octanol–water partition coefficient (Wildman–Crippen LogP) is 3.81. The summed E-state index contributed by atoms with van der Waals surface area (Å²) in [4.78, 5) is 2.50. The van der Waals surface area contributed by atoms with E-state index in [1.165, 1.54) is 0 Å². The fraction of sp³-hybridized carbons (Fsp3) is 0.429. The van der Waals surface area contributed by atoms with Gasteiger partial charge in [-0.1, -0.05) is 37.3 Å². The molecule has 2 aromatic rings. The van der Waals surface area contributed by atoms with Crippen LogP contribution < -0.4 is 9.47 Å². The van der Waals surface area contributed by atoms with Crippen LogP contribution in [0.15, 0.2) is 48.5 Å². The first kappa shape index (κ1) is 16.4. The zero-order chi connectivity index (χ0) is 17.1. The monoisotopic (exact) mass is 339 g/mol. The number of fused-ring (bicyclic) bond motifs is 3. The summed E-state index contributed by atoms with van der Waals surface area (Å²) >= 11 is 0. The van der Waals surface area contributed by atoms with Crippen LogP contribution in [-0.2, 0) is 11.3 Å². The number of benzene rings is 2. The van der Waals surface area contributed by atoms with Gasteiger partial charge in [-0.3, -0.25) is 4.90 Å². The SMILES string of the molecule is CCN1CCO[C@H]2c3cc(OCc4ccccc4)ccc3OCC[C@@H]21. The normalized spacial score (nSPS) is 23.1. The minimum atomic E-state index is 0.0616. The molecule has 0 amide bonds. The van der Waals surface area contributed by atoms with Crippen molar-refractivity contribution in [2.24, 2.45) is 0 Å². The number of nitrogens with zero attached hydrogens (tertiary/aromatic N) is 1. The van der Waals surface area contributed by atoms with Crippen LogP contribution in [0.5, 0.6) is 11.5 Å². The molecule has 0 aliphatic carbocycles. The topological polar surface area (TPSA) is 30.9 Å². The van der Waals surface area contributed by atoms with Crippen LogP contribution in [-0.4, -0.2) is 37.2 Å². The maximum absolute atomic E-state index is 6.16. The molecule has 132 valence electrons. The third-order valence-corrected chi connectivity index (χ3v) is 5.11. The first-order valence-corrected chi connectivity index (χ1v) is 9.14. The second-order valence-corrected chi connectivity index (χ2v) is 6.60. The summed E-state index contributed by atoms with van der Waals surface area (Å²) in [5.41, 5.74) is 2.28. The molecule has 2 aromatic carbocycles. The zero-order valence-electron chi connectivity index (χ0n) is 14.7. The number of morpholine rings is 1. The van der Waals surface area contributed by atoms with E-state index < -0.39 is 0 Å². The highest BCUT2D eigenvalue weighted by molar-refractivity contribution is 5.43. The van der Waals surface area contributed by atoms with Gasteiger partial charge in [0.1, 0.15) is 24.2 Å². The standard InChI is InChI=1S/C21H25NO3/c1-2-22-11-13-24-21-18-14-17(25-15-16-6-4-3-5-7-16)8-9-20(18)23-12-10-19(21)22/h3-9,14,19,21H,2,10-13,15H2,1H3/t19-,21-/m0/s1. The van der Waals surface area contributed by atoms with Crippen LogP contribution in [0, 0.1) is 0 Å². The van der Waals surface area contributed by atoms with Crippen molar-refractivity contribution in [3.8, 4) is 11.5 Å². The first-order chi connectivity index (χ1) is 12.3. The second-order valence-electron chi connectivity index (χ2n) is 6.60. The Balaban J connectivity index is 1.56. The van der Waals surface area contributed by atoms with E-state index >= 15 is 0 Å². The van der Waals surface area contributed by atoms with Crippen molar-refractivity contribution in [1.29, 1.82) is 0 Å². The molecule has 0 bridgehead atoms. The minimum absolute atomic E-state index is 0.0616. The van der Waals surface area contributed by atoms with Crippen molar-refractivity contribution in [2.45, 2.75) is 32.1 Å². The molecule has 25 heavy (non-hydrogen) atoms. The van der Waals surface area contributed by atoms with Crippen molar-refractivity contribution < 1.29 is 14.2 Å². The van der Waals surface area contributed by atoms with Gasteiger partial charge in [0.25, 0.3) is 0 Å². The van der Waals surface area contributed by atoms with Crippen molar-refractivity contribution in [2.75, 3.05) is 26.3 Å². The molecule has 2 atom stereocenters. The Morgan fingerprint density at radius 3 is 2.84 bits per heavy atom. The Hall–Kier alpha value is -2.04. The molecule has 1 saturated heterocycles. The average Bonchev–Trinajstić information content (AvgIpc) is 2.86. The third kappa shape index (κ3) is 3.51. The molecular formula is C21H25NO3. The summed E-state index contributed by atoms with van der Waals surface area (Å²) in [6.07, 6.45) is 1.05. The molecule has 0 unspecified atom stereocenters. The lowest BCUT2D eigenvalue weighted by atomic mass is 9.97. The molecule has 0 N–H and O–H groups in total. The van der Waals surface area contributed by atoms with Crippen LogP contribution in [0.3, 0.4) is 0 Å². The summed E-state index contributed by atoms with van der Waals surface area (Å²) < 4.78 is 18.2. The predicted molar refractivity (Wildman–Crippen MR) is 97.1 cm³/mol. The largest absolute Gasteiger partial charge is 0.493 e. The highest BCUT2D eigenvalue weighted by atomic mass is 16.5. The second kappa shape index (κ2) is 7.46. The number of ether oxygens (including phenoxy) is 3. The van der Waals surface area contributed by atoms with Gasteiger partial charge >= 0.3 is 0 Å². The van der Waals surface area contributed by atoms with Crippen molar-refractivity contribution in [1.82, 2.24) is 4.90 Å². The maximum atomic E-state index is 6.16. The van der Waals surface area contributed by atoms with E-state index in [1.54, 1.807) is 0 Å². The van der Waals surface area contributed by atoms with Crippen LogP contribution >= 0.6 is 0 Å². The Morgan fingerprint density at radius 1 is 1.12 bits per heavy atom. The third-order valence-electron chi connectivity index (χ3n) is 5.11. The van der Waals surface area contributed by atoms with Crippen LogP contribution in [0.25, 0.3) is 0 Å². The van der Waals surface area contributed by atoms with Gasteiger partial charge in [-0.05, 0) is 36.7 Å². The highest BCUT2D eigenvalue weighted by Crippen LogP contribution is 2.40. The van der Waals surface area contributed by atoms with Gasteiger partial charge in [-0.15, -0.1) is 0 Å². The van der Waals surface area contributed by atoms with Crippen LogP contribution in [0.2, 0.25) is 0 Å². The number of hydrogen-bond acceptors (Lipinski definition) is 4. The molecule has 2 aliphatic heterocycles. The van der Waals surface area contributed by atoms with E-state index in [4.69, 9.17) is 14.2 Å². The summed E-state index contributed by atoms with van der Waals surface area (Å²) in [5, 5.41) is 0. The maximum Gasteiger partial charge on any atom is 0.125 e. The Bertz CT molecular complexity index is 704. The van der Waals surface area contributed by atoms with E-state index in [1.807, 2.05) is 30.3 Å². The summed E-state index contributed by atoms with van der Waals surface area (Å²) in [6.45, 7) is 6.33. The van der Waals surface area contributed by atoms with Crippen molar-refractivity contribution in [3.63, 3.8) is 0 Å². The van der Waals surface area contributed by atoms with Crippen molar-refractivity contribution >= 4 is 0 Å². The quantitative estimate of drug-likeness (QED) is 0.847. The van der Waals surface area contributed by atoms with Crippen LogP contribution in [0.4, 0.5) is 0 Å². The molecule has 0 radical (unpaired) electrons. The van der Waals surface area contributed by atoms with Gasteiger partial charge in [0.15, 0.2) is 0 Å². The fourth-order valence-electron chi connectivity index (χ4n) is 3.79. The molecule has 0 aromatic heterocycles. The van der Waals surface area contributed by atoms with Crippen LogP contribution in [0.1, 0.15) is 30.6 Å². The summed E-state index contributed by atoms with van der Waals surface area (Å²) in [7, 11) is 0. The van der Waals surface area contributed by atoms with Gasteiger partial charge < -0.3 is 14.2 Å². The van der Waals surface area contributed by atoms with Gasteiger partial charge in [0.05, 0.1) is 13.2 Å². The number of rotatable bonds is 4. The highest BCUT2D eigenvalue weighted by Gasteiger charge is 2.36. The molecule has 0 spiro atoms. The smallest absolute Gasteiger partial charge is 0.125 e. The molecule has 4 nitrogen and oxygen atoms in total. The lowest BCUT2D eigenvalue weighted by molar-refractivity contribution is -0.0725. The van der Waals surface area contributed by atoms with Gasteiger partial charge in [-0.2, -0.15) is 0 Å². The molecule has 2 heterocycles. The Kier molecular flexibility index (Phi) is 4.90. The number of likely N-dealkylation sites (N-methyl/N-ethyl adjacent to an activating group) is 1. The van der Waals surface area contributed by atoms with E-state index in [0.717, 1.165) is 55.4 Å². The molecule has 4 heteroatoms. The Morgan fingerprint density at radius 2 is 2.00 bits per heavy atom. The lowest BCUT2D eigenvalue weighted by Crippen LogP contribution is -2.46. The van der Waals surface area contributed by atoms with Crippen molar-refractivity contribution in [3.05, 3.63) is 59.7 Å². The molecular weight excluding hydrogens is 314 g/mol. The molecule has 0 saturated carbocycles. The van der Waals surface area contributed by atoms with Gasteiger partial charge in [0.2, 0.25) is 0 Å². The van der Waals surface area contributed by atoms with E-state index in [0.29, 0.717) is 12.6 Å². The number of hydrogen-bond donors (Lipinski definition) is 0. The Labute approximate surface area is 149 Å². The van der Waals surface area contributed by atoms with Gasteiger partial charge in [-0.25, -0.2) is 0 Å².